The van der Waals surface area contributed by atoms with Crippen LogP contribution in [-0.4, -0.2) is 12.1 Å². The summed E-state index contributed by atoms with van der Waals surface area (Å²) in [6, 6.07) is 0. The summed E-state index contributed by atoms with van der Waals surface area (Å²) in [5.41, 5.74) is 2.38. The Morgan fingerprint density at radius 3 is 2.52 bits per heavy atom. The Hall–Kier alpha value is -1.05. The van der Waals surface area contributed by atoms with E-state index in [0.717, 1.165) is 32.1 Å². The second-order valence-electron chi connectivity index (χ2n) is 7.63. The molecule has 2 heteroatoms. The number of carbonyl (C=O) groups is 1. The molecular weight excluding hydrogens is 284 g/mol. The van der Waals surface area contributed by atoms with Gasteiger partial charge >= 0.3 is 5.97 Å². The molecule has 5 atom stereocenters. The number of ether oxygens (including phenoxy) is 1. The maximum absolute atomic E-state index is 12.8. The SMILES string of the molecule is C=C(C)[C@H]1CC=C(C)[C@H](OC(=O)C(CC(C)CC)C(C)CC)C1. The molecule has 0 spiro atoms. The Balaban J connectivity index is 2.78. The van der Waals surface area contributed by atoms with Gasteiger partial charge in [-0.25, -0.2) is 0 Å². The van der Waals surface area contributed by atoms with Gasteiger partial charge in [0.15, 0.2) is 0 Å². The molecule has 1 aliphatic rings. The fourth-order valence-electron chi connectivity index (χ4n) is 3.22. The monoisotopic (exact) mass is 320 g/mol. The van der Waals surface area contributed by atoms with Gasteiger partial charge in [0.25, 0.3) is 0 Å². The lowest BCUT2D eigenvalue weighted by atomic mass is 9.82. The highest BCUT2D eigenvalue weighted by atomic mass is 16.5. The van der Waals surface area contributed by atoms with Crippen LogP contribution in [0.1, 0.15) is 73.6 Å². The molecule has 0 saturated heterocycles. The molecule has 0 aromatic heterocycles. The van der Waals surface area contributed by atoms with E-state index in [2.05, 4.69) is 54.2 Å². The fourth-order valence-corrected chi connectivity index (χ4v) is 3.22. The zero-order valence-corrected chi connectivity index (χ0v) is 16.0. The van der Waals surface area contributed by atoms with Gasteiger partial charge in [0.1, 0.15) is 6.10 Å². The van der Waals surface area contributed by atoms with Crippen LogP contribution >= 0.6 is 0 Å². The second-order valence-corrected chi connectivity index (χ2v) is 7.63. The van der Waals surface area contributed by atoms with Gasteiger partial charge in [-0.3, -0.25) is 4.79 Å². The van der Waals surface area contributed by atoms with E-state index < -0.39 is 0 Å². The maximum Gasteiger partial charge on any atom is 0.309 e. The number of hydrogen-bond donors (Lipinski definition) is 0. The molecule has 2 nitrogen and oxygen atoms in total. The number of hydrogen-bond acceptors (Lipinski definition) is 2. The average Bonchev–Trinajstić information content (AvgIpc) is 2.53. The first-order chi connectivity index (χ1) is 10.8. The zero-order valence-electron chi connectivity index (χ0n) is 16.0. The van der Waals surface area contributed by atoms with Gasteiger partial charge in [-0.15, -0.1) is 0 Å². The molecular formula is C21H36O2. The third-order valence-corrected chi connectivity index (χ3v) is 5.67. The predicted octanol–water partition coefficient (Wildman–Crippen LogP) is 5.93. The van der Waals surface area contributed by atoms with Crippen LogP contribution in [0.2, 0.25) is 0 Å². The Labute approximate surface area is 143 Å². The van der Waals surface area contributed by atoms with E-state index in [1.807, 2.05) is 0 Å². The molecule has 0 N–H and O–H groups in total. The lowest BCUT2D eigenvalue weighted by molar-refractivity contribution is -0.155. The van der Waals surface area contributed by atoms with Crippen molar-refractivity contribution in [3.8, 4) is 0 Å². The summed E-state index contributed by atoms with van der Waals surface area (Å²) < 4.78 is 5.97. The molecule has 0 aliphatic heterocycles. The van der Waals surface area contributed by atoms with Crippen molar-refractivity contribution < 1.29 is 9.53 Å². The van der Waals surface area contributed by atoms with Crippen LogP contribution in [0.4, 0.5) is 0 Å². The van der Waals surface area contributed by atoms with Crippen LogP contribution in [0.15, 0.2) is 23.8 Å². The van der Waals surface area contributed by atoms with Gasteiger partial charge in [-0.2, -0.15) is 0 Å². The number of rotatable bonds is 8. The Kier molecular flexibility index (Phi) is 8.08. The molecule has 1 aliphatic carbocycles. The van der Waals surface area contributed by atoms with Crippen molar-refractivity contribution in [3.63, 3.8) is 0 Å². The number of carbonyl (C=O) groups excluding carboxylic acids is 1. The summed E-state index contributed by atoms with van der Waals surface area (Å²) in [7, 11) is 0. The summed E-state index contributed by atoms with van der Waals surface area (Å²) in [4.78, 5) is 12.8. The number of allylic oxidation sites excluding steroid dienone is 2. The van der Waals surface area contributed by atoms with Crippen LogP contribution in [0.5, 0.6) is 0 Å². The van der Waals surface area contributed by atoms with E-state index in [-0.39, 0.29) is 18.0 Å². The summed E-state index contributed by atoms with van der Waals surface area (Å²) in [6.07, 6.45) is 7.13. The van der Waals surface area contributed by atoms with Crippen molar-refractivity contribution in [3.05, 3.63) is 23.8 Å². The molecule has 0 saturated carbocycles. The van der Waals surface area contributed by atoms with E-state index in [9.17, 15) is 4.79 Å². The summed E-state index contributed by atoms with van der Waals surface area (Å²) in [5, 5.41) is 0. The van der Waals surface area contributed by atoms with Crippen LogP contribution in [0, 0.1) is 23.7 Å². The Morgan fingerprint density at radius 2 is 2.00 bits per heavy atom. The van der Waals surface area contributed by atoms with Gasteiger partial charge in [-0.1, -0.05) is 58.8 Å². The minimum atomic E-state index is -0.0681. The first kappa shape index (κ1) is 20.0. The molecule has 3 unspecified atom stereocenters. The molecule has 23 heavy (non-hydrogen) atoms. The molecule has 0 amide bonds. The van der Waals surface area contributed by atoms with Crippen LogP contribution in [-0.2, 0) is 9.53 Å². The number of esters is 1. The fraction of sp³-hybridized carbons (Fsp3) is 0.762. The minimum absolute atomic E-state index is 0.000217. The predicted molar refractivity (Wildman–Crippen MR) is 98.2 cm³/mol. The highest BCUT2D eigenvalue weighted by Crippen LogP contribution is 2.32. The van der Waals surface area contributed by atoms with Crippen LogP contribution in [0.3, 0.4) is 0 Å². The normalized spacial score (nSPS) is 25.2. The molecule has 0 bridgehead atoms. The van der Waals surface area contributed by atoms with E-state index in [4.69, 9.17) is 4.74 Å². The van der Waals surface area contributed by atoms with Crippen molar-refractivity contribution >= 4 is 5.97 Å². The lowest BCUT2D eigenvalue weighted by Crippen LogP contribution is -2.32. The van der Waals surface area contributed by atoms with E-state index in [1.54, 1.807) is 0 Å². The first-order valence-corrected chi connectivity index (χ1v) is 9.32. The molecule has 0 aromatic rings. The standard InChI is InChI=1S/C21H36O2/c1-8-15(5)12-19(16(6)9-2)21(22)23-20-13-18(14(3)4)11-10-17(20)7/h10,15-16,18-20H,3,8-9,11-13H2,1-2,4-7H3/t15?,16?,18-,19?,20+/m0/s1. The smallest absolute Gasteiger partial charge is 0.309 e. The van der Waals surface area contributed by atoms with Crippen molar-refractivity contribution in [2.45, 2.75) is 79.8 Å². The van der Waals surface area contributed by atoms with Gasteiger partial charge < -0.3 is 4.74 Å². The van der Waals surface area contributed by atoms with E-state index in [0.29, 0.717) is 17.8 Å². The molecule has 0 fully saturated rings. The lowest BCUT2D eigenvalue weighted by Gasteiger charge is -2.31. The van der Waals surface area contributed by atoms with Gasteiger partial charge in [0.2, 0.25) is 0 Å². The van der Waals surface area contributed by atoms with Crippen LogP contribution < -0.4 is 0 Å². The second kappa shape index (κ2) is 9.30. The molecule has 0 radical (unpaired) electrons. The molecule has 0 heterocycles. The maximum atomic E-state index is 12.8. The average molecular weight is 321 g/mol. The Morgan fingerprint density at radius 1 is 1.35 bits per heavy atom. The third kappa shape index (κ3) is 5.82. The van der Waals surface area contributed by atoms with Crippen molar-refractivity contribution in [2.24, 2.45) is 23.7 Å². The van der Waals surface area contributed by atoms with Crippen molar-refractivity contribution in [1.82, 2.24) is 0 Å². The summed E-state index contributed by atoms with van der Waals surface area (Å²) in [5.74, 6) is 1.40. The van der Waals surface area contributed by atoms with Gasteiger partial charge in [-0.05, 0) is 56.4 Å². The molecule has 0 aromatic carbocycles. The first-order valence-electron chi connectivity index (χ1n) is 9.32. The van der Waals surface area contributed by atoms with E-state index in [1.165, 1.54) is 11.1 Å². The summed E-state index contributed by atoms with van der Waals surface area (Å²) >= 11 is 0. The molecule has 1 rings (SSSR count). The molecule has 132 valence electrons. The zero-order chi connectivity index (χ0) is 17.6. The third-order valence-electron chi connectivity index (χ3n) is 5.67. The highest BCUT2D eigenvalue weighted by Gasteiger charge is 2.31. The van der Waals surface area contributed by atoms with E-state index >= 15 is 0 Å². The topological polar surface area (TPSA) is 26.3 Å². The van der Waals surface area contributed by atoms with Gasteiger partial charge in [0.05, 0.1) is 5.92 Å². The van der Waals surface area contributed by atoms with Crippen LogP contribution in [0.25, 0.3) is 0 Å². The van der Waals surface area contributed by atoms with Crippen molar-refractivity contribution in [1.29, 1.82) is 0 Å². The summed E-state index contributed by atoms with van der Waals surface area (Å²) in [6.45, 7) is 17.0. The minimum Gasteiger partial charge on any atom is -0.458 e. The van der Waals surface area contributed by atoms with Crippen molar-refractivity contribution in [2.75, 3.05) is 0 Å². The largest absolute Gasteiger partial charge is 0.458 e. The Bertz CT molecular complexity index is 435. The quantitative estimate of drug-likeness (QED) is 0.409. The highest BCUT2D eigenvalue weighted by molar-refractivity contribution is 5.73. The van der Waals surface area contributed by atoms with Gasteiger partial charge in [0, 0.05) is 0 Å².